The van der Waals surface area contributed by atoms with Crippen molar-refractivity contribution in [3.8, 4) is 17.2 Å². The summed E-state index contributed by atoms with van der Waals surface area (Å²) in [6, 6.07) is 19.4. The van der Waals surface area contributed by atoms with Crippen molar-refractivity contribution in [1.82, 2.24) is 9.55 Å². The van der Waals surface area contributed by atoms with Gasteiger partial charge in [0.05, 0.1) is 21.8 Å². The number of amides is 1. The molecule has 1 aromatic heterocycles. The molecule has 3 aromatic carbocycles. The minimum absolute atomic E-state index is 0.227. The number of fused-ring (bicyclic) bond motifs is 2. The highest BCUT2D eigenvalue weighted by Crippen LogP contribution is 2.33. The fourth-order valence-corrected chi connectivity index (χ4v) is 4.72. The van der Waals surface area contributed by atoms with Crippen LogP contribution in [0.15, 0.2) is 76.7 Å². The van der Waals surface area contributed by atoms with E-state index in [0.717, 1.165) is 0 Å². The smallest absolute Gasteiger partial charge is 0.266 e. The third-order valence-corrected chi connectivity index (χ3v) is 6.56. The van der Waals surface area contributed by atoms with Gasteiger partial charge in [0.25, 0.3) is 5.56 Å². The quantitative estimate of drug-likeness (QED) is 0.313. The van der Waals surface area contributed by atoms with Gasteiger partial charge in [0.2, 0.25) is 5.91 Å². The summed E-state index contributed by atoms with van der Waals surface area (Å²) in [5.41, 5.74) is 1.51. The molecule has 5 rings (SSSR count). The Kier molecular flexibility index (Phi) is 6.17. The number of para-hydroxylation sites is 1. The Morgan fingerprint density at radius 2 is 1.85 bits per heavy atom. The number of hydrogen-bond acceptors (Lipinski definition) is 6. The number of nitrogens with one attached hydrogen (secondary N) is 1. The molecule has 0 saturated carbocycles. The van der Waals surface area contributed by atoms with Crippen LogP contribution in [0.3, 0.4) is 0 Å². The van der Waals surface area contributed by atoms with Crippen molar-refractivity contribution in [1.29, 1.82) is 0 Å². The van der Waals surface area contributed by atoms with Crippen molar-refractivity contribution in [2.45, 2.75) is 17.3 Å². The number of anilines is 1. The first-order chi connectivity index (χ1) is 16.5. The van der Waals surface area contributed by atoms with Gasteiger partial charge < -0.3 is 14.8 Å². The largest absolute Gasteiger partial charge is 0.486 e. The Morgan fingerprint density at radius 3 is 2.68 bits per heavy atom. The van der Waals surface area contributed by atoms with Gasteiger partial charge in [-0.05, 0) is 49.4 Å². The summed E-state index contributed by atoms with van der Waals surface area (Å²) in [4.78, 5) is 31.1. The summed E-state index contributed by atoms with van der Waals surface area (Å²) >= 11 is 7.39. The second-order valence-electron chi connectivity index (χ2n) is 7.64. The predicted molar refractivity (Wildman–Crippen MR) is 134 cm³/mol. The van der Waals surface area contributed by atoms with E-state index in [1.54, 1.807) is 67.6 Å². The normalized spacial score (nSPS) is 13.5. The standard InChI is InChI=1S/C25H20ClN3O4S/c1-15(23(30)27-17-9-10-21-22(14-17)33-12-11-32-21)34-25-28-20-8-3-2-7-19(20)24(31)29(25)18-6-4-5-16(26)13-18/h2-10,13-15H,11-12H2,1H3,(H,27,30). The summed E-state index contributed by atoms with van der Waals surface area (Å²) in [5, 5.41) is 3.73. The Morgan fingerprint density at radius 1 is 1.06 bits per heavy atom. The van der Waals surface area contributed by atoms with Gasteiger partial charge >= 0.3 is 0 Å². The van der Waals surface area contributed by atoms with Crippen molar-refractivity contribution >= 4 is 45.9 Å². The number of ether oxygens (including phenoxy) is 2. The first-order valence-electron chi connectivity index (χ1n) is 10.6. The van der Waals surface area contributed by atoms with Crippen LogP contribution in [0.1, 0.15) is 6.92 Å². The van der Waals surface area contributed by atoms with Gasteiger partial charge in [0.1, 0.15) is 13.2 Å². The van der Waals surface area contributed by atoms with E-state index in [-0.39, 0.29) is 11.5 Å². The molecule has 34 heavy (non-hydrogen) atoms. The lowest BCUT2D eigenvalue weighted by molar-refractivity contribution is -0.115. The molecule has 0 fully saturated rings. The van der Waals surface area contributed by atoms with Crippen LogP contribution in [0.2, 0.25) is 5.02 Å². The van der Waals surface area contributed by atoms with E-state index in [4.69, 9.17) is 26.1 Å². The lowest BCUT2D eigenvalue weighted by Crippen LogP contribution is -2.26. The lowest BCUT2D eigenvalue weighted by Gasteiger charge is -2.20. The Bertz CT molecular complexity index is 1460. The maximum absolute atomic E-state index is 13.4. The highest BCUT2D eigenvalue weighted by Gasteiger charge is 2.21. The molecule has 0 spiro atoms. The van der Waals surface area contributed by atoms with Crippen molar-refractivity contribution in [3.05, 3.63) is 82.1 Å². The van der Waals surface area contributed by atoms with Gasteiger partial charge in [-0.2, -0.15) is 0 Å². The van der Waals surface area contributed by atoms with Crippen LogP contribution in [0.25, 0.3) is 16.6 Å². The van der Waals surface area contributed by atoms with Crippen molar-refractivity contribution < 1.29 is 14.3 Å². The van der Waals surface area contributed by atoms with Crippen molar-refractivity contribution in [3.63, 3.8) is 0 Å². The van der Waals surface area contributed by atoms with E-state index in [2.05, 4.69) is 5.32 Å². The third-order valence-electron chi connectivity index (χ3n) is 5.27. The summed E-state index contributed by atoms with van der Waals surface area (Å²) in [6.07, 6.45) is 0. The lowest BCUT2D eigenvalue weighted by atomic mass is 10.2. The predicted octanol–water partition coefficient (Wildman–Crippen LogP) is 4.93. The number of carbonyl (C=O) groups is 1. The van der Waals surface area contributed by atoms with Crippen LogP contribution in [-0.2, 0) is 4.79 Å². The second kappa shape index (κ2) is 9.40. The minimum atomic E-state index is -0.549. The highest BCUT2D eigenvalue weighted by atomic mass is 35.5. The molecule has 2 heterocycles. The zero-order valence-electron chi connectivity index (χ0n) is 18.2. The van der Waals surface area contributed by atoms with Crippen molar-refractivity contribution in [2.75, 3.05) is 18.5 Å². The average molecular weight is 494 g/mol. The molecule has 0 bridgehead atoms. The second-order valence-corrected chi connectivity index (χ2v) is 9.38. The van der Waals surface area contributed by atoms with E-state index in [1.165, 1.54) is 16.3 Å². The van der Waals surface area contributed by atoms with Crippen LogP contribution in [0.5, 0.6) is 11.5 Å². The molecule has 0 radical (unpaired) electrons. The number of halogens is 1. The molecule has 0 saturated heterocycles. The first kappa shape index (κ1) is 22.3. The van der Waals surface area contributed by atoms with Crippen LogP contribution in [0, 0.1) is 0 Å². The molecular weight excluding hydrogens is 474 g/mol. The van der Waals surface area contributed by atoms with Gasteiger partial charge in [-0.3, -0.25) is 14.2 Å². The number of carbonyl (C=O) groups excluding carboxylic acids is 1. The SMILES string of the molecule is CC(Sc1nc2ccccc2c(=O)n1-c1cccc(Cl)c1)C(=O)Nc1ccc2c(c1)OCCO2. The number of hydrogen-bond donors (Lipinski definition) is 1. The van der Waals surface area contributed by atoms with Crippen LogP contribution in [-0.4, -0.2) is 33.9 Å². The number of aromatic nitrogens is 2. The Hall–Kier alpha value is -3.49. The van der Waals surface area contributed by atoms with Gasteiger partial charge in [0.15, 0.2) is 16.7 Å². The minimum Gasteiger partial charge on any atom is -0.486 e. The zero-order valence-corrected chi connectivity index (χ0v) is 19.7. The number of rotatable bonds is 5. The molecule has 1 unspecified atom stereocenters. The van der Waals surface area contributed by atoms with E-state index >= 15 is 0 Å². The van der Waals surface area contributed by atoms with E-state index in [1.807, 2.05) is 6.07 Å². The fraction of sp³-hybridized carbons (Fsp3) is 0.160. The number of thioether (sulfide) groups is 1. The molecule has 1 atom stereocenters. The zero-order chi connectivity index (χ0) is 23.7. The van der Waals surface area contributed by atoms with E-state index < -0.39 is 5.25 Å². The topological polar surface area (TPSA) is 82.5 Å². The van der Waals surface area contributed by atoms with Gasteiger partial charge in [-0.25, -0.2) is 4.98 Å². The summed E-state index contributed by atoms with van der Waals surface area (Å²) < 4.78 is 12.6. The molecule has 7 nitrogen and oxygen atoms in total. The summed E-state index contributed by atoms with van der Waals surface area (Å²) in [6.45, 7) is 2.73. The van der Waals surface area contributed by atoms with Gasteiger partial charge in [-0.15, -0.1) is 0 Å². The molecule has 0 aliphatic carbocycles. The molecule has 1 amide bonds. The average Bonchev–Trinajstić information content (AvgIpc) is 2.84. The Balaban J connectivity index is 1.46. The first-order valence-corrected chi connectivity index (χ1v) is 11.9. The molecule has 4 aromatic rings. The molecular formula is C25H20ClN3O4S. The van der Waals surface area contributed by atoms with Crippen LogP contribution in [0.4, 0.5) is 5.69 Å². The van der Waals surface area contributed by atoms with Crippen LogP contribution >= 0.6 is 23.4 Å². The molecule has 172 valence electrons. The number of benzene rings is 3. The van der Waals surface area contributed by atoms with Crippen LogP contribution < -0.4 is 20.3 Å². The third kappa shape index (κ3) is 4.47. The number of nitrogens with zero attached hydrogens (tertiary/aromatic N) is 2. The fourth-order valence-electron chi connectivity index (χ4n) is 3.61. The van der Waals surface area contributed by atoms with E-state index in [0.29, 0.717) is 57.2 Å². The highest BCUT2D eigenvalue weighted by molar-refractivity contribution is 8.00. The van der Waals surface area contributed by atoms with Crippen molar-refractivity contribution in [2.24, 2.45) is 0 Å². The summed E-state index contributed by atoms with van der Waals surface area (Å²) in [5.74, 6) is 1.01. The summed E-state index contributed by atoms with van der Waals surface area (Å²) in [7, 11) is 0. The molecule has 1 N–H and O–H groups in total. The maximum Gasteiger partial charge on any atom is 0.266 e. The molecule has 1 aliphatic heterocycles. The molecule has 9 heteroatoms. The van der Waals surface area contributed by atoms with Gasteiger partial charge in [-0.1, -0.05) is 41.6 Å². The Labute approximate surface area is 204 Å². The monoisotopic (exact) mass is 493 g/mol. The van der Waals surface area contributed by atoms with Gasteiger partial charge in [0, 0.05) is 16.8 Å². The maximum atomic E-state index is 13.4. The van der Waals surface area contributed by atoms with E-state index in [9.17, 15) is 9.59 Å². The molecule has 1 aliphatic rings.